The molecule has 0 bridgehead atoms. The van der Waals surface area contributed by atoms with Gasteiger partial charge in [-0.3, -0.25) is 4.79 Å². The molecular formula is C13H18N2O. The molecule has 1 aromatic carbocycles. The molecule has 16 heavy (non-hydrogen) atoms. The summed E-state index contributed by atoms with van der Waals surface area (Å²) in [6.07, 6.45) is 0.602. The summed E-state index contributed by atoms with van der Waals surface area (Å²) in [7, 11) is 0. The van der Waals surface area contributed by atoms with Gasteiger partial charge in [0, 0.05) is 25.6 Å². The van der Waals surface area contributed by atoms with Gasteiger partial charge in [-0.15, -0.1) is 0 Å². The van der Waals surface area contributed by atoms with Gasteiger partial charge in [-0.1, -0.05) is 29.3 Å². The molecule has 1 aliphatic rings. The van der Waals surface area contributed by atoms with Gasteiger partial charge in [-0.25, -0.2) is 0 Å². The van der Waals surface area contributed by atoms with Crippen molar-refractivity contribution in [1.29, 1.82) is 0 Å². The molecule has 0 aromatic heterocycles. The quantitative estimate of drug-likeness (QED) is 0.802. The Labute approximate surface area is 96.2 Å². The first-order valence-electron chi connectivity index (χ1n) is 5.71. The van der Waals surface area contributed by atoms with Gasteiger partial charge in [0.1, 0.15) is 0 Å². The van der Waals surface area contributed by atoms with Gasteiger partial charge in [-0.2, -0.15) is 0 Å². The third kappa shape index (κ3) is 2.83. The normalized spacial score (nSPS) is 19.9. The van der Waals surface area contributed by atoms with Crippen LogP contribution in [0.25, 0.3) is 0 Å². The van der Waals surface area contributed by atoms with Crippen molar-refractivity contribution in [2.45, 2.75) is 32.9 Å². The van der Waals surface area contributed by atoms with Crippen molar-refractivity contribution in [3.8, 4) is 0 Å². The van der Waals surface area contributed by atoms with Gasteiger partial charge in [0.05, 0.1) is 0 Å². The van der Waals surface area contributed by atoms with Gasteiger partial charge >= 0.3 is 0 Å². The minimum Gasteiger partial charge on any atom is -0.354 e. The third-order valence-corrected chi connectivity index (χ3v) is 2.85. The second-order valence-corrected chi connectivity index (χ2v) is 4.58. The highest BCUT2D eigenvalue weighted by Crippen LogP contribution is 2.09. The summed E-state index contributed by atoms with van der Waals surface area (Å²) in [5.74, 6) is 0.151. The summed E-state index contributed by atoms with van der Waals surface area (Å²) in [6, 6.07) is 6.83. The molecular weight excluding hydrogens is 200 g/mol. The Balaban J connectivity index is 1.91. The molecule has 1 saturated heterocycles. The Morgan fingerprint density at radius 1 is 1.31 bits per heavy atom. The zero-order valence-corrected chi connectivity index (χ0v) is 9.84. The predicted octanol–water partition coefficient (Wildman–Crippen LogP) is 1.28. The van der Waals surface area contributed by atoms with Crippen LogP contribution in [0.15, 0.2) is 18.2 Å². The number of nitrogens with one attached hydrogen (secondary N) is 2. The van der Waals surface area contributed by atoms with E-state index in [1.807, 2.05) is 0 Å². The topological polar surface area (TPSA) is 41.1 Å². The Bertz CT molecular complexity index is 381. The molecule has 3 nitrogen and oxygen atoms in total. The van der Waals surface area contributed by atoms with Gasteiger partial charge in [0.2, 0.25) is 5.91 Å². The minimum atomic E-state index is 0.151. The second-order valence-electron chi connectivity index (χ2n) is 4.58. The summed E-state index contributed by atoms with van der Waals surface area (Å²) in [6.45, 7) is 5.81. The lowest BCUT2D eigenvalue weighted by Gasteiger charge is -2.11. The lowest BCUT2D eigenvalue weighted by atomic mass is 10.1. The maximum absolute atomic E-state index is 11.0. The maximum Gasteiger partial charge on any atom is 0.221 e. The number of amides is 1. The first-order valence-corrected chi connectivity index (χ1v) is 5.71. The van der Waals surface area contributed by atoms with Gasteiger partial charge in [0.15, 0.2) is 0 Å². The van der Waals surface area contributed by atoms with E-state index in [0.29, 0.717) is 6.42 Å². The molecule has 3 heteroatoms. The van der Waals surface area contributed by atoms with E-state index in [-0.39, 0.29) is 11.9 Å². The SMILES string of the molecule is Cc1cc(C)cc(CNC2CNC(=O)C2)c1. The van der Waals surface area contributed by atoms with E-state index in [0.717, 1.165) is 13.1 Å². The van der Waals surface area contributed by atoms with E-state index < -0.39 is 0 Å². The van der Waals surface area contributed by atoms with Crippen molar-refractivity contribution in [3.63, 3.8) is 0 Å². The van der Waals surface area contributed by atoms with Crippen molar-refractivity contribution < 1.29 is 4.79 Å². The molecule has 1 heterocycles. The van der Waals surface area contributed by atoms with Crippen LogP contribution >= 0.6 is 0 Å². The zero-order valence-electron chi connectivity index (χ0n) is 9.84. The Kier molecular flexibility index (Phi) is 3.25. The number of carbonyl (C=O) groups excluding carboxylic acids is 1. The second kappa shape index (κ2) is 4.66. The third-order valence-electron chi connectivity index (χ3n) is 2.85. The van der Waals surface area contributed by atoms with Crippen molar-refractivity contribution in [3.05, 3.63) is 34.9 Å². The lowest BCUT2D eigenvalue weighted by Crippen LogP contribution is -2.30. The first-order chi connectivity index (χ1) is 7.63. The fourth-order valence-corrected chi connectivity index (χ4v) is 2.18. The molecule has 1 aliphatic heterocycles. The van der Waals surface area contributed by atoms with Crippen molar-refractivity contribution >= 4 is 5.91 Å². The average molecular weight is 218 g/mol. The van der Waals surface area contributed by atoms with E-state index in [9.17, 15) is 4.79 Å². The van der Waals surface area contributed by atoms with Crippen molar-refractivity contribution in [2.24, 2.45) is 0 Å². The molecule has 0 saturated carbocycles. The van der Waals surface area contributed by atoms with Crippen LogP contribution in [-0.4, -0.2) is 18.5 Å². The van der Waals surface area contributed by atoms with E-state index >= 15 is 0 Å². The van der Waals surface area contributed by atoms with Crippen LogP contribution in [0.1, 0.15) is 23.1 Å². The van der Waals surface area contributed by atoms with Crippen LogP contribution < -0.4 is 10.6 Å². The number of benzene rings is 1. The zero-order chi connectivity index (χ0) is 11.5. The predicted molar refractivity (Wildman–Crippen MR) is 64.2 cm³/mol. The molecule has 1 unspecified atom stereocenters. The summed E-state index contributed by atoms with van der Waals surface area (Å²) in [5.41, 5.74) is 3.87. The highest BCUT2D eigenvalue weighted by Gasteiger charge is 2.20. The van der Waals surface area contributed by atoms with Crippen molar-refractivity contribution in [1.82, 2.24) is 10.6 Å². The number of hydrogen-bond donors (Lipinski definition) is 2. The molecule has 0 spiro atoms. The smallest absolute Gasteiger partial charge is 0.221 e. The summed E-state index contributed by atoms with van der Waals surface area (Å²) in [4.78, 5) is 11.0. The van der Waals surface area contributed by atoms with Crippen LogP contribution in [-0.2, 0) is 11.3 Å². The number of hydrogen-bond acceptors (Lipinski definition) is 2. The summed E-state index contributed by atoms with van der Waals surface area (Å²) < 4.78 is 0. The molecule has 2 rings (SSSR count). The average Bonchev–Trinajstić information content (AvgIpc) is 2.60. The Morgan fingerprint density at radius 3 is 2.56 bits per heavy atom. The van der Waals surface area contributed by atoms with E-state index in [1.54, 1.807) is 0 Å². The van der Waals surface area contributed by atoms with E-state index in [2.05, 4.69) is 42.7 Å². The summed E-state index contributed by atoms with van der Waals surface area (Å²) >= 11 is 0. The highest BCUT2D eigenvalue weighted by molar-refractivity contribution is 5.78. The largest absolute Gasteiger partial charge is 0.354 e. The number of rotatable bonds is 3. The molecule has 1 fully saturated rings. The monoisotopic (exact) mass is 218 g/mol. The van der Waals surface area contributed by atoms with Crippen LogP contribution in [0, 0.1) is 13.8 Å². The lowest BCUT2D eigenvalue weighted by molar-refractivity contribution is -0.119. The Hall–Kier alpha value is -1.35. The minimum absolute atomic E-state index is 0.151. The number of aryl methyl sites for hydroxylation is 2. The summed E-state index contributed by atoms with van der Waals surface area (Å²) in [5, 5.41) is 6.23. The maximum atomic E-state index is 11.0. The molecule has 86 valence electrons. The number of carbonyl (C=O) groups is 1. The molecule has 1 atom stereocenters. The Morgan fingerprint density at radius 2 is 2.00 bits per heavy atom. The van der Waals surface area contributed by atoms with E-state index in [4.69, 9.17) is 0 Å². The van der Waals surface area contributed by atoms with Crippen LogP contribution in [0.2, 0.25) is 0 Å². The van der Waals surface area contributed by atoms with Crippen LogP contribution in [0.4, 0.5) is 0 Å². The molecule has 1 amide bonds. The van der Waals surface area contributed by atoms with Gasteiger partial charge in [0.25, 0.3) is 0 Å². The highest BCUT2D eigenvalue weighted by atomic mass is 16.1. The van der Waals surface area contributed by atoms with Gasteiger partial charge < -0.3 is 10.6 Å². The van der Waals surface area contributed by atoms with E-state index in [1.165, 1.54) is 16.7 Å². The van der Waals surface area contributed by atoms with Crippen molar-refractivity contribution in [2.75, 3.05) is 6.54 Å². The molecule has 0 radical (unpaired) electrons. The molecule has 0 aliphatic carbocycles. The standard InChI is InChI=1S/C13H18N2O/c1-9-3-10(2)5-11(4-9)7-14-12-6-13(16)15-8-12/h3-5,12,14H,6-8H2,1-2H3,(H,15,16). The van der Waals surface area contributed by atoms with Crippen LogP contribution in [0.5, 0.6) is 0 Å². The van der Waals surface area contributed by atoms with Gasteiger partial charge in [-0.05, 0) is 19.4 Å². The van der Waals surface area contributed by atoms with Crippen LogP contribution in [0.3, 0.4) is 0 Å². The molecule has 1 aromatic rings. The fraction of sp³-hybridized carbons (Fsp3) is 0.462. The first kappa shape index (κ1) is 11.1. The molecule has 2 N–H and O–H groups in total. The fourth-order valence-electron chi connectivity index (χ4n) is 2.18.